The quantitative estimate of drug-likeness (QED) is 0.867. The molecule has 1 aromatic rings. The van der Waals surface area contributed by atoms with E-state index in [0.29, 0.717) is 13.1 Å². The number of hydrogen-bond donors (Lipinski definition) is 1. The van der Waals surface area contributed by atoms with Crippen molar-refractivity contribution in [2.45, 2.75) is 6.43 Å². The maximum atomic E-state index is 12.0. The van der Waals surface area contributed by atoms with E-state index < -0.39 is 6.43 Å². The summed E-state index contributed by atoms with van der Waals surface area (Å²) in [5.74, 6) is 0. The molecule has 5 heteroatoms. The lowest BCUT2D eigenvalue weighted by Crippen LogP contribution is -2.29. The van der Waals surface area contributed by atoms with E-state index in [0.717, 1.165) is 10.2 Å². The Morgan fingerprint density at radius 1 is 1.44 bits per heavy atom. The predicted molar refractivity (Wildman–Crippen MR) is 66.1 cm³/mol. The largest absolute Gasteiger partial charge is 0.384 e. The minimum atomic E-state index is -2.27. The Labute approximate surface area is 103 Å². The van der Waals surface area contributed by atoms with Gasteiger partial charge in [-0.25, -0.2) is 8.78 Å². The average Bonchev–Trinajstić information content (AvgIpc) is 2.16. The summed E-state index contributed by atoms with van der Waals surface area (Å²) in [6.45, 7) is 1.07. The summed E-state index contributed by atoms with van der Waals surface area (Å²) in [6.07, 6.45) is -2.27. The molecule has 1 aromatic carbocycles. The van der Waals surface area contributed by atoms with Gasteiger partial charge in [0.1, 0.15) is 0 Å². The van der Waals surface area contributed by atoms with Crippen molar-refractivity contribution in [2.75, 3.05) is 32.0 Å². The number of likely N-dealkylation sites (N-methyl/N-ethyl adjacent to an activating group) is 1. The highest BCUT2D eigenvalue weighted by Crippen LogP contribution is 2.15. The van der Waals surface area contributed by atoms with Gasteiger partial charge in [-0.3, -0.25) is 4.90 Å². The number of hydrogen-bond acceptors (Lipinski definition) is 2. The maximum Gasteiger partial charge on any atom is 0.251 e. The molecule has 2 nitrogen and oxygen atoms in total. The molecule has 0 unspecified atom stereocenters. The zero-order chi connectivity index (χ0) is 12.0. The van der Waals surface area contributed by atoms with E-state index in [1.165, 1.54) is 0 Å². The zero-order valence-corrected chi connectivity index (χ0v) is 10.7. The molecular weight excluding hydrogens is 278 g/mol. The van der Waals surface area contributed by atoms with E-state index in [4.69, 9.17) is 0 Å². The molecule has 0 amide bonds. The molecule has 0 heterocycles. The molecule has 0 saturated heterocycles. The zero-order valence-electron chi connectivity index (χ0n) is 9.09. The molecule has 0 aliphatic heterocycles. The third-order valence-electron chi connectivity index (χ3n) is 2.10. The van der Waals surface area contributed by atoms with Crippen LogP contribution in [0.1, 0.15) is 0 Å². The summed E-state index contributed by atoms with van der Waals surface area (Å²) in [6, 6.07) is 7.76. The molecule has 0 saturated carbocycles. The highest BCUT2D eigenvalue weighted by Gasteiger charge is 2.06. The Hall–Kier alpha value is -0.680. The first-order chi connectivity index (χ1) is 7.58. The molecule has 90 valence electrons. The SMILES string of the molecule is CN(CCNc1cccc(Br)c1)CC(F)F. The topological polar surface area (TPSA) is 15.3 Å². The van der Waals surface area contributed by atoms with Crippen molar-refractivity contribution in [3.63, 3.8) is 0 Å². The van der Waals surface area contributed by atoms with Gasteiger partial charge >= 0.3 is 0 Å². The summed E-state index contributed by atoms with van der Waals surface area (Å²) in [5, 5.41) is 3.17. The van der Waals surface area contributed by atoms with Crippen LogP contribution in [0.2, 0.25) is 0 Å². The van der Waals surface area contributed by atoms with Crippen LogP contribution in [-0.2, 0) is 0 Å². The van der Waals surface area contributed by atoms with Crippen LogP contribution >= 0.6 is 15.9 Å². The van der Waals surface area contributed by atoms with Gasteiger partial charge in [0.2, 0.25) is 0 Å². The fourth-order valence-electron chi connectivity index (χ4n) is 1.32. The van der Waals surface area contributed by atoms with Gasteiger partial charge in [0.05, 0.1) is 6.54 Å². The number of halogens is 3. The standard InChI is InChI=1S/C11H15BrF2N2/c1-16(8-11(13)14)6-5-15-10-4-2-3-9(12)7-10/h2-4,7,11,15H,5-6,8H2,1H3. The second-order valence-electron chi connectivity index (χ2n) is 3.59. The molecule has 0 aliphatic rings. The molecule has 1 N–H and O–H groups in total. The summed E-state index contributed by atoms with van der Waals surface area (Å²) in [5.41, 5.74) is 0.986. The molecular formula is C11H15BrF2N2. The number of rotatable bonds is 6. The number of nitrogens with one attached hydrogen (secondary N) is 1. The molecule has 0 atom stereocenters. The van der Waals surface area contributed by atoms with Crippen molar-refractivity contribution in [3.8, 4) is 0 Å². The van der Waals surface area contributed by atoms with E-state index in [9.17, 15) is 8.78 Å². The van der Waals surface area contributed by atoms with Crippen LogP contribution in [0, 0.1) is 0 Å². The van der Waals surface area contributed by atoms with Crippen LogP contribution in [-0.4, -0.2) is 38.0 Å². The van der Waals surface area contributed by atoms with Crippen LogP contribution in [0.5, 0.6) is 0 Å². The van der Waals surface area contributed by atoms with Crippen molar-refractivity contribution >= 4 is 21.6 Å². The third-order valence-corrected chi connectivity index (χ3v) is 2.59. The first-order valence-corrected chi connectivity index (χ1v) is 5.83. The first-order valence-electron chi connectivity index (χ1n) is 5.04. The Kier molecular flexibility index (Phi) is 5.69. The minimum Gasteiger partial charge on any atom is -0.384 e. The Morgan fingerprint density at radius 2 is 2.19 bits per heavy atom. The Balaban J connectivity index is 2.25. The second-order valence-corrected chi connectivity index (χ2v) is 4.51. The van der Waals surface area contributed by atoms with Crippen LogP contribution < -0.4 is 5.32 Å². The smallest absolute Gasteiger partial charge is 0.251 e. The van der Waals surface area contributed by atoms with Gasteiger partial charge in [0, 0.05) is 23.2 Å². The van der Waals surface area contributed by atoms with Crippen LogP contribution in [0.3, 0.4) is 0 Å². The number of anilines is 1. The van der Waals surface area contributed by atoms with Gasteiger partial charge in [0.15, 0.2) is 0 Å². The van der Waals surface area contributed by atoms with Crippen LogP contribution in [0.25, 0.3) is 0 Å². The van der Waals surface area contributed by atoms with E-state index in [1.54, 1.807) is 11.9 Å². The fourth-order valence-corrected chi connectivity index (χ4v) is 1.72. The fraction of sp³-hybridized carbons (Fsp3) is 0.455. The molecule has 0 radical (unpaired) electrons. The summed E-state index contributed by atoms with van der Waals surface area (Å²) >= 11 is 3.37. The van der Waals surface area contributed by atoms with Gasteiger partial charge in [-0.05, 0) is 25.2 Å². The van der Waals surface area contributed by atoms with E-state index >= 15 is 0 Å². The van der Waals surface area contributed by atoms with Crippen molar-refractivity contribution in [1.29, 1.82) is 0 Å². The van der Waals surface area contributed by atoms with Crippen molar-refractivity contribution < 1.29 is 8.78 Å². The summed E-state index contributed by atoms with van der Waals surface area (Å²) in [4.78, 5) is 1.61. The maximum absolute atomic E-state index is 12.0. The van der Waals surface area contributed by atoms with Crippen LogP contribution in [0.4, 0.5) is 14.5 Å². The minimum absolute atomic E-state index is 0.180. The lowest BCUT2D eigenvalue weighted by molar-refractivity contribution is 0.102. The molecule has 0 bridgehead atoms. The number of alkyl halides is 2. The number of nitrogens with zero attached hydrogens (tertiary/aromatic N) is 1. The van der Waals surface area contributed by atoms with E-state index in [1.807, 2.05) is 24.3 Å². The average molecular weight is 293 g/mol. The molecule has 16 heavy (non-hydrogen) atoms. The molecule has 0 aliphatic carbocycles. The molecule has 0 spiro atoms. The van der Waals surface area contributed by atoms with Gasteiger partial charge < -0.3 is 5.32 Å². The molecule has 0 aromatic heterocycles. The molecule has 0 fully saturated rings. The highest BCUT2D eigenvalue weighted by molar-refractivity contribution is 9.10. The Bertz CT molecular complexity index is 321. The Morgan fingerprint density at radius 3 is 2.81 bits per heavy atom. The van der Waals surface area contributed by atoms with Crippen molar-refractivity contribution in [3.05, 3.63) is 28.7 Å². The third kappa shape index (κ3) is 5.42. The van der Waals surface area contributed by atoms with Gasteiger partial charge in [-0.1, -0.05) is 22.0 Å². The number of benzene rings is 1. The van der Waals surface area contributed by atoms with Gasteiger partial charge in [0.25, 0.3) is 6.43 Å². The van der Waals surface area contributed by atoms with Crippen molar-refractivity contribution in [2.24, 2.45) is 0 Å². The van der Waals surface area contributed by atoms with E-state index in [-0.39, 0.29) is 6.54 Å². The van der Waals surface area contributed by atoms with E-state index in [2.05, 4.69) is 21.2 Å². The van der Waals surface area contributed by atoms with Crippen LogP contribution in [0.15, 0.2) is 28.7 Å². The second kappa shape index (κ2) is 6.81. The van der Waals surface area contributed by atoms with Crippen molar-refractivity contribution in [1.82, 2.24) is 4.90 Å². The monoisotopic (exact) mass is 292 g/mol. The van der Waals surface area contributed by atoms with Gasteiger partial charge in [-0.15, -0.1) is 0 Å². The van der Waals surface area contributed by atoms with Gasteiger partial charge in [-0.2, -0.15) is 0 Å². The highest BCUT2D eigenvalue weighted by atomic mass is 79.9. The lowest BCUT2D eigenvalue weighted by Gasteiger charge is -2.16. The normalized spacial score (nSPS) is 11.1. The summed E-state index contributed by atoms with van der Waals surface area (Å²) < 4.78 is 25.0. The lowest BCUT2D eigenvalue weighted by atomic mass is 10.3. The molecule has 1 rings (SSSR count). The first kappa shape index (κ1) is 13.4. The predicted octanol–water partition coefficient (Wildman–Crippen LogP) is 3.06. The summed E-state index contributed by atoms with van der Waals surface area (Å²) in [7, 11) is 1.69.